The Kier molecular flexibility index (Phi) is 7.77. The molecule has 0 bridgehead atoms. The molecule has 254 valence electrons. The van der Waals surface area contributed by atoms with Crippen LogP contribution in [-0.4, -0.2) is 9.97 Å². The zero-order valence-electron chi connectivity index (χ0n) is 29.3. The quantitative estimate of drug-likeness (QED) is 0.167. The molecular formula is C50H33N3O. The van der Waals surface area contributed by atoms with Gasteiger partial charge >= 0.3 is 0 Å². The Morgan fingerprint density at radius 3 is 1.52 bits per heavy atom. The normalized spacial score (nSPS) is 11.3. The Hall–Kier alpha value is -7.30. The molecule has 0 unspecified atom stereocenters. The predicted octanol–water partition coefficient (Wildman–Crippen LogP) is 13.7. The van der Waals surface area contributed by atoms with Crippen molar-refractivity contribution in [2.24, 2.45) is 0 Å². The van der Waals surface area contributed by atoms with Gasteiger partial charge in [0.1, 0.15) is 11.2 Å². The zero-order valence-corrected chi connectivity index (χ0v) is 29.3. The summed E-state index contributed by atoms with van der Waals surface area (Å²) < 4.78 is 6.75. The lowest BCUT2D eigenvalue weighted by Crippen LogP contribution is -2.09. The highest BCUT2D eigenvalue weighted by atomic mass is 16.3. The molecule has 2 heterocycles. The van der Waals surface area contributed by atoms with Crippen molar-refractivity contribution in [1.29, 1.82) is 0 Å². The van der Waals surface area contributed by atoms with Crippen molar-refractivity contribution in [1.82, 2.24) is 9.97 Å². The van der Waals surface area contributed by atoms with Crippen LogP contribution in [0.4, 0.5) is 17.1 Å². The third-order valence-corrected chi connectivity index (χ3v) is 10.1. The van der Waals surface area contributed by atoms with Crippen molar-refractivity contribution < 1.29 is 4.42 Å². The molecule has 0 aliphatic heterocycles. The molecular weight excluding hydrogens is 659 g/mol. The van der Waals surface area contributed by atoms with Crippen LogP contribution in [0.15, 0.2) is 205 Å². The first-order chi connectivity index (χ1) is 26.8. The van der Waals surface area contributed by atoms with E-state index in [0.717, 1.165) is 83.4 Å². The SMILES string of the molecule is c1ccc(-c2cc(-c3ccc4c(c3)oc3c5ccccc5c(-c5ccc(N(c6ccccc6)c6ccccc6)cc5)cc43)nc(-c3ccccc3)n2)cc1. The summed E-state index contributed by atoms with van der Waals surface area (Å²) in [5.74, 6) is 0.689. The van der Waals surface area contributed by atoms with Gasteiger partial charge in [-0.3, -0.25) is 0 Å². The molecule has 0 aliphatic rings. The maximum Gasteiger partial charge on any atom is 0.160 e. The zero-order chi connectivity index (χ0) is 35.8. The van der Waals surface area contributed by atoms with Gasteiger partial charge in [-0.25, -0.2) is 9.97 Å². The van der Waals surface area contributed by atoms with Gasteiger partial charge in [0.15, 0.2) is 5.82 Å². The number of hydrogen-bond donors (Lipinski definition) is 0. The van der Waals surface area contributed by atoms with E-state index in [4.69, 9.17) is 14.4 Å². The van der Waals surface area contributed by atoms with Crippen molar-refractivity contribution in [2.45, 2.75) is 0 Å². The molecule has 0 amide bonds. The standard InChI is InChI=1S/C50H33N3O/c1-5-15-35(16-6-1)46-33-47(52-50(51-46)36-17-7-2-8-18-36)37-27-30-42-45-32-44(41-23-13-14-24-43(41)49(45)54-48(42)31-37)34-25-28-40(29-26-34)53(38-19-9-3-10-20-38)39-21-11-4-12-22-39/h1-33H. The summed E-state index contributed by atoms with van der Waals surface area (Å²) in [6.45, 7) is 0. The van der Waals surface area contributed by atoms with Crippen LogP contribution in [0.3, 0.4) is 0 Å². The van der Waals surface area contributed by atoms with Crippen molar-refractivity contribution in [3.8, 4) is 45.0 Å². The lowest BCUT2D eigenvalue weighted by Gasteiger charge is -2.25. The molecule has 0 fully saturated rings. The second kappa shape index (κ2) is 13.4. The van der Waals surface area contributed by atoms with Crippen LogP contribution in [0.1, 0.15) is 0 Å². The summed E-state index contributed by atoms with van der Waals surface area (Å²) in [5.41, 5.74) is 12.0. The molecule has 0 radical (unpaired) electrons. The molecule has 2 aromatic heterocycles. The predicted molar refractivity (Wildman–Crippen MR) is 223 cm³/mol. The molecule has 8 aromatic carbocycles. The minimum absolute atomic E-state index is 0.689. The Morgan fingerprint density at radius 2 is 0.870 bits per heavy atom. The van der Waals surface area contributed by atoms with Gasteiger partial charge in [0.25, 0.3) is 0 Å². The molecule has 0 aliphatic carbocycles. The van der Waals surface area contributed by atoms with Gasteiger partial charge < -0.3 is 9.32 Å². The minimum Gasteiger partial charge on any atom is -0.455 e. The van der Waals surface area contributed by atoms with E-state index in [1.165, 1.54) is 5.56 Å². The summed E-state index contributed by atoms with van der Waals surface area (Å²) in [7, 11) is 0. The molecule has 0 spiro atoms. The third kappa shape index (κ3) is 5.67. The summed E-state index contributed by atoms with van der Waals surface area (Å²) in [6, 6.07) is 69.6. The van der Waals surface area contributed by atoms with Gasteiger partial charge in [0.2, 0.25) is 0 Å². The Balaban J connectivity index is 1.09. The Labute approximate surface area is 313 Å². The van der Waals surface area contributed by atoms with E-state index in [1.54, 1.807) is 0 Å². The van der Waals surface area contributed by atoms with Gasteiger partial charge in [0.05, 0.1) is 11.4 Å². The van der Waals surface area contributed by atoms with E-state index >= 15 is 0 Å². The first kappa shape index (κ1) is 31.4. The number of rotatable bonds is 7. The number of hydrogen-bond acceptors (Lipinski definition) is 4. The van der Waals surface area contributed by atoms with Crippen LogP contribution in [-0.2, 0) is 0 Å². The van der Waals surface area contributed by atoms with Crippen LogP contribution in [0.2, 0.25) is 0 Å². The highest BCUT2D eigenvalue weighted by molar-refractivity contribution is 6.19. The monoisotopic (exact) mass is 691 g/mol. The first-order valence-electron chi connectivity index (χ1n) is 18.2. The Bertz CT molecular complexity index is 2810. The van der Waals surface area contributed by atoms with E-state index in [1.807, 2.05) is 36.4 Å². The van der Waals surface area contributed by atoms with Crippen molar-refractivity contribution in [2.75, 3.05) is 4.90 Å². The fraction of sp³-hybridized carbons (Fsp3) is 0. The van der Waals surface area contributed by atoms with E-state index in [2.05, 4.69) is 169 Å². The number of fused-ring (bicyclic) bond motifs is 5. The molecule has 10 aromatic rings. The van der Waals surface area contributed by atoms with Crippen LogP contribution in [0, 0.1) is 0 Å². The second-order valence-corrected chi connectivity index (χ2v) is 13.4. The lowest BCUT2D eigenvalue weighted by molar-refractivity contribution is 0.673. The number of furan rings is 1. The van der Waals surface area contributed by atoms with Crippen LogP contribution >= 0.6 is 0 Å². The van der Waals surface area contributed by atoms with Crippen LogP contribution in [0.5, 0.6) is 0 Å². The van der Waals surface area contributed by atoms with E-state index < -0.39 is 0 Å². The van der Waals surface area contributed by atoms with E-state index in [9.17, 15) is 0 Å². The highest BCUT2D eigenvalue weighted by Gasteiger charge is 2.18. The lowest BCUT2D eigenvalue weighted by atomic mass is 9.95. The average Bonchev–Trinajstić information content (AvgIpc) is 3.63. The number of benzene rings is 8. The molecule has 4 heteroatoms. The summed E-state index contributed by atoms with van der Waals surface area (Å²) in [4.78, 5) is 12.3. The number of anilines is 3. The summed E-state index contributed by atoms with van der Waals surface area (Å²) >= 11 is 0. The molecule has 0 atom stereocenters. The number of para-hydroxylation sites is 2. The Morgan fingerprint density at radius 1 is 0.352 bits per heavy atom. The van der Waals surface area contributed by atoms with Gasteiger partial charge in [-0.15, -0.1) is 0 Å². The van der Waals surface area contributed by atoms with Crippen molar-refractivity contribution in [3.63, 3.8) is 0 Å². The highest BCUT2D eigenvalue weighted by Crippen LogP contribution is 2.42. The first-order valence-corrected chi connectivity index (χ1v) is 18.2. The topological polar surface area (TPSA) is 42.2 Å². The van der Waals surface area contributed by atoms with Gasteiger partial charge in [0, 0.05) is 49.9 Å². The summed E-state index contributed by atoms with van der Waals surface area (Å²) in [5, 5.41) is 4.39. The van der Waals surface area contributed by atoms with E-state index in [-0.39, 0.29) is 0 Å². The van der Waals surface area contributed by atoms with Gasteiger partial charge in [-0.1, -0.05) is 140 Å². The maximum absolute atomic E-state index is 6.75. The molecule has 0 N–H and O–H groups in total. The van der Waals surface area contributed by atoms with Gasteiger partial charge in [-0.05, 0) is 77.2 Å². The minimum atomic E-state index is 0.689. The molecule has 0 saturated heterocycles. The largest absolute Gasteiger partial charge is 0.455 e. The third-order valence-electron chi connectivity index (χ3n) is 10.1. The second-order valence-electron chi connectivity index (χ2n) is 13.4. The van der Waals surface area contributed by atoms with Crippen molar-refractivity contribution >= 4 is 49.8 Å². The molecule has 4 nitrogen and oxygen atoms in total. The smallest absolute Gasteiger partial charge is 0.160 e. The molecule has 54 heavy (non-hydrogen) atoms. The van der Waals surface area contributed by atoms with Crippen molar-refractivity contribution in [3.05, 3.63) is 200 Å². The number of aromatic nitrogens is 2. The van der Waals surface area contributed by atoms with Crippen LogP contribution in [0.25, 0.3) is 77.7 Å². The molecule has 10 rings (SSSR count). The van der Waals surface area contributed by atoms with Gasteiger partial charge in [-0.2, -0.15) is 0 Å². The fourth-order valence-corrected chi connectivity index (χ4v) is 7.46. The summed E-state index contributed by atoms with van der Waals surface area (Å²) in [6.07, 6.45) is 0. The maximum atomic E-state index is 6.75. The molecule has 0 saturated carbocycles. The average molecular weight is 692 g/mol. The fourth-order valence-electron chi connectivity index (χ4n) is 7.46. The van der Waals surface area contributed by atoms with E-state index in [0.29, 0.717) is 5.82 Å². The van der Waals surface area contributed by atoms with Crippen LogP contribution < -0.4 is 4.90 Å². The number of nitrogens with zero attached hydrogens (tertiary/aromatic N) is 3.